The van der Waals surface area contributed by atoms with Gasteiger partial charge in [0.25, 0.3) is 0 Å². The van der Waals surface area contributed by atoms with Gasteiger partial charge in [-0.25, -0.2) is 8.42 Å². The molecule has 5 nitrogen and oxygen atoms in total. The lowest BCUT2D eigenvalue weighted by Gasteiger charge is -2.27. The minimum absolute atomic E-state index is 0.0703. The van der Waals surface area contributed by atoms with Crippen molar-refractivity contribution in [3.8, 4) is 5.75 Å². The van der Waals surface area contributed by atoms with Crippen LogP contribution in [0.3, 0.4) is 0 Å². The molecule has 0 bridgehead atoms. The Labute approximate surface area is 160 Å². The number of ether oxygens (including phenoxy) is 1. The van der Waals surface area contributed by atoms with Gasteiger partial charge in [-0.3, -0.25) is 4.79 Å². The number of nitrogens with one attached hydrogen (secondary N) is 1. The maximum absolute atomic E-state index is 13.2. The second-order valence-electron chi connectivity index (χ2n) is 6.54. The fraction of sp³-hybridized carbons (Fsp3) is 0.316. The van der Waals surface area contributed by atoms with Crippen LogP contribution in [0.2, 0.25) is 0 Å². The number of benzene rings is 2. The predicted octanol–water partition coefficient (Wildman–Crippen LogP) is 4.31. The summed E-state index contributed by atoms with van der Waals surface area (Å²) in [6.45, 7) is 0. The summed E-state index contributed by atoms with van der Waals surface area (Å²) in [5.74, 6) is -1.11. The minimum atomic E-state index is -4.82. The monoisotopic (exact) mass is 413 g/mol. The lowest BCUT2D eigenvalue weighted by atomic mass is 10.1. The predicted molar refractivity (Wildman–Crippen MR) is 96.6 cm³/mol. The second-order valence-corrected chi connectivity index (χ2v) is 8.80. The van der Waals surface area contributed by atoms with E-state index in [2.05, 4.69) is 10.1 Å². The molecule has 0 spiro atoms. The Morgan fingerprint density at radius 3 is 2.07 bits per heavy atom. The van der Waals surface area contributed by atoms with Crippen LogP contribution in [0.5, 0.6) is 5.75 Å². The maximum atomic E-state index is 13.2. The highest BCUT2D eigenvalue weighted by Crippen LogP contribution is 2.41. The molecular weight excluding hydrogens is 395 g/mol. The Bertz CT molecular complexity index is 935. The molecule has 0 aromatic heterocycles. The molecule has 1 saturated carbocycles. The van der Waals surface area contributed by atoms with E-state index in [4.69, 9.17) is 0 Å². The Morgan fingerprint density at radius 2 is 1.54 bits per heavy atom. The first-order valence-electron chi connectivity index (χ1n) is 8.61. The fourth-order valence-electron chi connectivity index (χ4n) is 3.37. The van der Waals surface area contributed by atoms with Crippen LogP contribution in [0.15, 0.2) is 59.5 Å². The number of amides is 1. The smallest absolute Gasteiger partial charge is 0.406 e. The van der Waals surface area contributed by atoms with Gasteiger partial charge >= 0.3 is 6.36 Å². The first-order valence-corrected chi connectivity index (χ1v) is 10.1. The number of halogens is 3. The van der Waals surface area contributed by atoms with E-state index in [-0.39, 0.29) is 23.4 Å². The summed E-state index contributed by atoms with van der Waals surface area (Å²) >= 11 is 0. The summed E-state index contributed by atoms with van der Waals surface area (Å²) in [5, 5.41) is 2.54. The van der Waals surface area contributed by atoms with E-state index in [1.54, 1.807) is 18.2 Å². The van der Waals surface area contributed by atoms with E-state index in [0.717, 1.165) is 12.1 Å². The van der Waals surface area contributed by atoms with Crippen LogP contribution in [0.4, 0.5) is 18.9 Å². The number of carbonyl (C=O) groups excluding carboxylic acids is 1. The number of alkyl halides is 3. The minimum Gasteiger partial charge on any atom is -0.406 e. The van der Waals surface area contributed by atoms with Crippen LogP contribution in [0, 0.1) is 0 Å². The first-order chi connectivity index (χ1) is 13.1. The van der Waals surface area contributed by atoms with Crippen LogP contribution < -0.4 is 10.1 Å². The van der Waals surface area contributed by atoms with Gasteiger partial charge in [-0.1, -0.05) is 31.0 Å². The molecule has 1 amide bonds. The van der Waals surface area contributed by atoms with E-state index >= 15 is 0 Å². The molecule has 1 aliphatic rings. The number of anilines is 1. The average Bonchev–Trinajstić information content (AvgIpc) is 3.15. The molecule has 0 aliphatic heterocycles. The number of carbonyl (C=O) groups is 1. The van der Waals surface area contributed by atoms with Gasteiger partial charge < -0.3 is 10.1 Å². The number of rotatable bonds is 5. The molecule has 0 radical (unpaired) electrons. The molecule has 150 valence electrons. The molecule has 28 heavy (non-hydrogen) atoms. The molecule has 0 unspecified atom stereocenters. The summed E-state index contributed by atoms with van der Waals surface area (Å²) in [6, 6.07) is 12.3. The zero-order chi connectivity index (χ0) is 20.4. The van der Waals surface area contributed by atoms with Gasteiger partial charge in [0.1, 0.15) is 5.75 Å². The van der Waals surface area contributed by atoms with Crippen molar-refractivity contribution in [3.05, 3.63) is 54.6 Å². The molecule has 3 rings (SSSR count). The quantitative estimate of drug-likeness (QED) is 0.793. The number of hydrogen-bond donors (Lipinski definition) is 1. The molecule has 2 aromatic rings. The van der Waals surface area contributed by atoms with Crippen molar-refractivity contribution in [2.24, 2.45) is 0 Å². The molecule has 0 heterocycles. The van der Waals surface area contributed by atoms with Gasteiger partial charge in [-0.15, -0.1) is 13.2 Å². The molecule has 1 N–H and O–H groups in total. The zero-order valence-electron chi connectivity index (χ0n) is 14.7. The van der Waals surface area contributed by atoms with Gasteiger partial charge in [0.2, 0.25) is 5.91 Å². The molecular formula is C19H18F3NO4S. The average molecular weight is 413 g/mol. The van der Waals surface area contributed by atoms with Crippen LogP contribution >= 0.6 is 0 Å². The van der Waals surface area contributed by atoms with Crippen LogP contribution in [0.1, 0.15) is 25.7 Å². The summed E-state index contributed by atoms with van der Waals surface area (Å²) < 4.78 is 65.3. The van der Waals surface area contributed by atoms with Gasteiger partial charge in [0, 0.05) is 5.69 Å². The molecule has 0 saturated heterocycles. The SMILES string of the molecule is O=C(Nc1ccc(OC(F)(F)F)cc1)C1(S(=O)(=O)c2ccccc2)CCCC1. The Morgan fingerprint density at radius 1 is 0.964 bits per heavy atom. The lowest BCUT2D eigenvalue weighted by Crippen LogP contribution is -2.47. The van der Waals surface area contributed by atoms with Crippen molar-refractivity contribution >= 4 is 21.4 Å². The molecule has 0 atom stereocenters. The van der Waals surface area contributed by atoms with Crippen LogP contribution in [-0.4, -0.2) is 25.4 Å². The topological polar surface area (TPSA) is 72.5 Å². The van der Waals surface area contributed by atoms with Crippen molar-refractivity contribution in [3.63, 3.8) is 0 Å². The largest absolute Gasteiger partial charge is 0.573 e. The maximum Gasteiger partial charge on any atom is 0.573 e. The van der Waals surface area contributed by atoms with E-state index in [9.17, 15) is 26.4 Å². The normalized spacial score (nSPS) is 16.5. The van der Waals surface area contributed by atoms with Crippen molar-refractivity contribution in [2.45, 2.75) is 41.7 Å². The van der Waals surface area contributed by atoms with E-state index in [1.165, 1.54) is 24.3 Å². The van der Waals surface area contributed by atoms with Gasteiger partial charge in [0.15, 0.2) is 14.6 Å². The Kier molecular flexibility index (Phi) is 5.38. The third-order valence-electron chi connectivity index (χ3n) is 4.74. The zero-order valence-corrected chi connectivity index (χ0v) is 15.5. The standard InChI is InChI=1S/C19H18F3NO4S/c20-19(21,22)27-15-10-8-14(9-11-15)23-17(24)18(12-4-5-13-18)28(25,26)16-6-2-1-3-7-16/h1-3,6-11H,4-5,12-13H2,(H,23,24). The third kappa shape index (κ3) is 3.99. The van der Waals surface area contributed by atoms with Gasteiger partial charge in [-0.05, 0) is 49.2 Å². The van der Waals surface area contributed by atoms with Crippen LogP contribution in [0.25, 0.3) is 0 Å². The van der Waals surface area contributed by atoms with Crippen molar-refractivity contribution in [1.29, 1.82) is 0 Å². The first kappa shape index (κ1) is 20.2. The third-order valence-corrected chi connectivity index (χ3v) is 7.25. The highest BCUT2D eigenvalue weighted by Gasteiger charge is 2.52. The van der Waals surface area contributed by atoms with E-state index < -0.39 is 32.6 Å². The van der Waals surface area contributed by atoms with Crippen LogP contribution in [-0.2, 0) is 14.6 Å². The lowest BCUT2D eigenvalue weighted by molar-refractivity contribution is -0.274. The highest BCUT2D eigenvalue weighted by atomic mass is 32.2. The Hall–Kier alpha value is -2.55. The molecule has 1 fully saturated rings. The summed E-state index contributed by atoms with van der Waals surface area (Å²) in [5.41, 5.74) is 0.189. The summed E-state index contributed by atoms with van der Waals surface area (Å²) in [7, 11) is -3.94. The number of sulfone groups is 1. The van der Waals surface area contributed by atoms with Crippen molar-refractivity contribution < 1.29 is 31.1 Å². The van der Waals surface area contributed by atoms with Gasteiger partial charge in [-0.2, -0.15) is 0 Å². The second kappa shape index (κ2) is 7.46. The van der Waals surface area contributed by atoms with Crippen molar-refractivity contribution in [1.82, 2.24) is 0 Å². The van der Waals surface area contributed by atoms with E-state index in [0.29, 0.717) is 12.8 Å². The molecule has 1 aliphatic carbocycles. The molecule has 9 heteroatoms. The van der Waals surface area contributed by atoms with E-state index in [1.807, 2.05) is 0 Å². The van der Waals surface area contributed by atoms with Crippen molar-refractivity contribution in [2.75, 3.05) is 5.32 Å². The summed E-state index contributed by atoms with van der Waals surface area (Å²) in [4.78, 5) is 13.0. The van der Waals surface area contributed by atoms with Gasteiger partial charge in [0.05, 0.1) is 4.90 Å². The molecule has 2 aromatic carbocycles. The Balaban J connectivity index is 1.85. The highest BCUT2D eigenvalue weighted by molar-refractivity contribution is 7.93. The fourth-order valence-corrected chi connectivity index (χ4v) is 5.46. The summed E-state index contributed by atoms with van der Waals surface area (Å²) in [6.07, 6.45) is -3.26. The number of hydrogen-bond acceptors (Lipinski definition) is 4.